The normalized spacial score (nSPS) is 23.9. The van der Waals surface area contributed by atoms with Crippen molar-refractivity contribution in [2.24, 2.45) is 13.0 Å². The minimum absolute atomic E-state index is 0.0711. The van der Waals surface area contributed by atoms with E-state index in [1.807, 2.05) is 0 Å². The van der Waals surface area contributed by atoms with Gasteiger partial charge in [0.1, 0.15) is 0 Å². The van der Waals surface area contributed by atoms with Crippen LogP contribution in [0.1, 0.15) is 32.6 Å². The van der Waals surface area contributed by atoms with Gasteiger partial charge in [-0.25, -0.2) is 4.68 Å². The molecular formula is C11H19N5OS. The predicted octanol–water partition coefficient (Wildman–Crippen LogP) is 0.997. The number of aryl methyl sites for hydroxylation is 1. The second-order valence-corrected chi connectivity index (χ2v) is 5.75. The molecule has 1 aromatic heterocycles. The van der Waals surface area contributed by atoms with Gasteiger partial charge in [-0.1, -0.05) is 31.5 Å². The van der Waals surface area contributed by atoms with Crippen LogP contribution in [0.15, 0.2) is 5.16 Å². The van der Waals surface area contributed by atoms with E-state index < -0.39 is 0 Å². The van der Waals surface area contributed by atoms with Crippen molar-refractivity contribution >= 4 is 17.7 Å². The molecule has 0 unspecified atom stereocenters. The molecular weight excluding hydrogens is 250 g/mol. The molecule has 1 aliphatic carbocycles. The van der Waals surface area contributed by atoms with Crippen LogP contribution in [0.5, 0.6) is 0 Å². The Labute approximate surface area is 111 Å². The summed E-state index contributed by atoms with van der Waals surface area (Å²) >= 11 is 1.37. The van der Waals surface area contributed by atoms with E-state index in [4.69, 9.17) is 0 Å². The van der Waals surface area contributed by atoms with Crippen molar-refractivity contribution in [1.29, 1.82) is 0 Å². The Kier molecular flexibility index (Phi) is 4.57. The Hall–Kier alpha value is -1.11. The van der Waals surface area contributed by atoms with Gasteiger partial charge in [0.25, 0.3) is 0 Å². The first kappa shape index (κ1) is 13.3. The van der Waals surface area contributed by atoms with Gasteiger partial charge in [-0.05, 0) is 29.2 Å². The van der Waals surface area contributed by atoms with Gasteiger partial charge in [0.15, 0.2) is 0 Å². The third-order valence-electron chi connectivity index (χ3n) is 3.37. The molecule has 2 atom stereocenters. The van der Waals surface area contributed by atoms with Gasteiger partial charge in [-0.15, -0.1) is 5.10 Å². The number of rotatable bonds is 4. The maximum Gasteiger partial charge on any atom is 0.230 e. The van der Waals surface area contributed by atoms with E-state index in [-0.39, 0.29) is 5.91 Å². The topological polar surface area (TPSA) is 72.7 Å². The summed E-state index contributed by atoms with van der Waals surface area (Å²) in [6.45, 7) is 2.21. The van der Waals surface area contributed by atoms with Crippen molar-refractivity contribution in [2.45, 2.75) is 43.8 Å². The molecule has 2 rings (SSSR count). The average molecular weight is 269 g/mol. The molecule has 1 saturated carbocycles. The van der Waals surface area contributed by atoms with E-state index in [9.17, 15) is 4.79 Å². The molecule has 0 radical (unpaired) electrons. The molecule has 0 saturated heterocycles. The fraction of sp³-hybridized carbons (Fsp3) is 0.818. The quantitative estimate of drug-likeness (QED) is 0.825. The van der Waals surface area contributed by atoms with Crippen LogP contribution in [0.3, 0.4) is 0 Å². The first-order chi connectivity index (χ1) is 8.66. The summed E-state index contributed by atoms with van der Waals surface area (Å²) in [4.78, 5) is 11.9. The molecule has 1 heterocycles. The van der Waals surface area contributed by atoms with E-state index in [0.29, 0.717) is 22.9 Å². The molecule has 1 aromatic rings. The highest BCUT2D eigenvalue weighted by molar-refractivity contribution is 7.99. The summed E-state index contributed by atoms with van der Waals surface area (Å²) in [6, 6.07) is 0.337. The maximum absolute atomic E-state index is 11.9. The number of hydrogen-bond acceptors (Lipinski definition) is 5. The number of tetrazole rings is 1. The first-order valence-electron chi connectivity index (χ1n) is 6.31. The molecule has 0 bridgehead atoms. The number of nitrogens with zero attached hydrogens (tertiary/aromatic N) is 4. The highest BCUT2D eigenvalue weighted by Crippen LogP contribution is 2.23. The zero-order valence-corrected chi connectivity index (χ0v) is 11.6. The molecule has 18 heavy (non-hydrogen) atoms. The summed E-state index contributed by atoms with van der Waals surface area (Å²) in [7, 11) is 1.77. The van der Waals surface area contributed by atoms with Crippen molar-refractivity contribution in [3.8, 4) is 0 Å². The molecule has 0 spiro atoms. The van der Waals surface area contributed by atoms with Crippen molar-refractivity contribution in [2.75, 3.05) is 5.75 Å². The van der Waals surface area contributed by atoms with Gasteiger partial charge >= 0.3 is 0 Å². The van der Waals surface area contributed by atoms with E-state index in [1.54, 1.807) is 11.7 Å². The summed E-state index contributed by atoms with van der Waals surface area (Å²) in [5.74, 6) is 1.03. The molecule has 1 fully saturated rings. The molecule has 1 N–H and O–H groups in total. The van der Waals surface area contributed by atoms with Gasteiger partial charge in [0.05, 0.1) is 5.75 Å². The summed E-state index contributed by atoms with van der Waals surface area (Å²) in [6.07, 6.45) is 4.82. The van der Waals surface area contributed by atoms with Crippen LogP contribution in [-0.2, 0) is 11.8 Å². The van der Waals surface area contributed by atoms with E-state index in [2.05, 4.69) is 27.8 Å². The van der Waals surface area contributed by atoms with E-state index in [0.717, 1.165) is 6.42 Å². The Bertz CT molecular complexity index is 408. The fourth-order valence-electron chi connectivity index (χ4n) is 2.25. The molecule has 100 valence electrons. The summed E-state index contributed by atoms with van der Waals surface area (Å²) in [5, 5.41) is 14.9. The van der Waals surface area contributed by atoms with E-state index >= 15 is 0 Å². The predicted molar refractivity (Wildman–Crippen MR) is 69.1 cm³/mol. The van der Waals surface area contributed by atoms with Gasteiger partial charge in [0, 0.05) is 13.1 Å². The highest BCUT2D eigenvalue weighted by atomic mass is 32.2. The molecule has 0 aliphatic heterocycles. The van der Waals surface area contributed by atoms with Gasteiger partial charge < -0.3 is 5.32 Å². The van der Waals surface area contributed by atoms with Crippen LogP contribution < -0.4 is 5.32 Å². The number of thioether (sulfide) groups is 1. The van der Waals surface area contributed by atoms with Crippen LogP contribution in [0.2, 0.25) is 0 Å². The van der Waals surface area contributed by atoms with Crippen LogP contribution in [-0.4, -0.2) is 37.9 Å². The lowest BCUT2D eigenvalue weighted by molar-refractivity contribution is -0.119. The third-order valence-corrected chi connectivity index (χ3v) is 4.38. The van der Waals surface area contributed by atoms with Crippen molar-refractivity contribution < 1.29 is 4.79 Å². The molecule has 6 nitrogen and oxygen atoms in total. The minimum atomic E-state index is 0.0711. The zero-order chi connectivity index (χ0) is 13.0. The lowest BCUT2D eigenvalue weighted by Crippen LogP contribution is -2.41. The van der Waals surface area contributed by atoms with Gasteiger partial charge in [-0.3, -0.25) is 4.79 Å². The second-order valence-electron chi connectivity index (χ2n) is 4.81. The maximum atomic E-state index is 11.9. The Morgan fingerprint density at radius 3 is 2.94 bits per heavy atom. The molecule has 7 heteroatoms. The number of nitrogens with one attached hydrogen (secondary N) is 1. The number of carbonyl (C=O) groups is 1. The Balaban J connectivity index is 1.76. The third kappa shape index (κ3) is 3.44. The number of carbonyl (C=O) groups excluding carboxylic acids is 1. The number of hydrogen-bond donors (Lipinski definition) is 1. The summed E-state index contributed by atoms with van der Waals surface area (Å²) < 4.78 is 1.57. The van der Waals surface area contributed by atoms with Crippen LogP contribution in [0.25, 0.3) is 0 Å². The average Bonchev–Trinajstić information content (AvgIpc) is 2.75. The minimum Gasteiger partial charge on any atom is -0.352 e. The van der Waals surface area contributed by atoms with Crippen molar-refractivity contribution in [3.63, 3.8) is 0 Å². The zero-order valence-electron chi connectivity index (χ0n) is 10.8. The standard InChI is InChI=1S/C11H19N5OS/c1-8-5-3-4-6-9(8)12-10(17)7-18-11-13-14-15-16(11)2/h8-9H,3-7H2,1-2H3,(H,12,17)/t8-,9-/m1/s1. The highest BCUT2D eigenvalue weighted by Gasteiger charge is 2.22. The van der Waals surface area contributed by atoms with E-state index in [1.165, 1.54) is 31.0 Å². The van der Waals surface area contributed by atoms with Crippen molar-refractivity contribution in [3.05, 3.63) is 0 Å². The summed E-state index contributed by atoms with van der Waals surface area (Å²) in [5.41, 5.74) is 0. The number of amides is 1. The monoisotopic (exact) mass is 269 g/mol. The van der Waals surface area contributed by atoms with Crippen molar-refractivity contribution in [1.82, 2.24) is 25.5 Å². The number of aromatic nitrogens is 4. The lowest BCUT2D eigenvalue weighted by atomic mass is 9.86. The van der Waals surface area contributed by atoms with Gasteiger partial charge in [-0.2, -0.15) is 0 Å². The Morgan fingerprint density at radius 2 is 2.28 bits per heavy atom. The second kappa shape index (κ2) is 6.17. The largest absolute Gasteiger partial charge is 0.352 e. The lowest BCUT2D eigenvalue weighted by Gasteiger charge is -2.29. The smallest absolute Gasteiger partial charge is 0.230 e. The molecule has 1 aliphatic rings. The fourth-order valence-corrected chi connectivity index (χ4v) is 2.91. The van der Waals surface area contributed by atoms with Crippen LogP contribution in [0.4, 0.5) is 0 Å². The molecule has 1 amide bonds. The van der Waals surface area contributed by atoms with Crippen LogP contribution in [0, 0.1) is 5.92 Å². The molecule has 0 aromatic carbocycles. The Morgan fingerprint density at radius 1 is 1.50 bits per heavy atom. The SMILES string of the molecule is C[C@@H]1CCCC[C@H]1NC(=O)CSc1nnnn1C. The van der Waals surface area contributed by atoms with Crippen LogP contribution >= 0.6 is 11.8 Å². The first-order valence-corrected chi connectivity index (χ1v) is 7.30. The van der Waals surface area contributed by atoms with Gasteiger partial charge in [0.2, 0.25) is 11.1 Å².